The van der Waals surface area contributed by atoms with E-state index in [4.69, 9.17) is 5.73 Å². The van der Waals surface area contributed by atoms with Gasteiger partial charge in [0.15, 0.2) is 0 Å². The minimum absolute atomic E-state index is 0.0278. The summed E-state index contributed by atoms with van der Waals surface area (Å²) in [6.45, 7) is 6.19. The molecule has 696 valence electrons. The summed E-state index contributed by atoms with van der Waals surface area (Å²) in [5.41, 5.74) is 9.33. The van der Waals surface area contributed by atoms with Crippen LogP contribution in [0.2, 0.25) is 0 Å². The van der Waals surface area contributed by atoms with Crippen LogP contribution < -0.4 is 53.6 Å². The SMILES string of the molecule is CCCC[C@H]1C(=O)N(C)CC(=O)N[C@@H](CC(=O)O)C(=O)N[C@@H](C(C)C)C(=O)N(C)[C@@H](Cc2ccccc2)C(=O)N[C@@H](Cc2ccc(O)cc2)C(=O)N(C)CC(=O)N[C@@H](Cc2c[nH]c3ccccc23)C(=O)N[C@@H](Cc2ccc(O)cc2)C(=O)N[C@@H](CC(C)C)C(=O)N[C@H](C(=O)NCC(N)=O)CSCC(=O)N[C@@H](CCc2ccccc2)C(=O)N(C)[C@@H](Cc2ccccc2)C(=O)N1C. The summed E-state index contributed by atoms with van der Waals surface area (Å²) < 4.78 is 0. The van der Waals surface area contributed by atoms with Gasteiger partial charge in [0.2, 0.25) is 88.6 Å². The number of aryl methyl sites for hydroxylation is 1. The number of carboxylic acids is 1. The standard InChI is InChI=1S/C94H120N16O19S/c1-11-12-32-75-92(127)107(7)53-80(115)100-72(49-82(117)118)88(123)105-83(57(4)5)94(129)109(9)76(46-59-26-18-14-19-27-59)89(124)103-73(45-62-35-40-65(112)41-36-62)90(125)106(6)52-79(114)99-71(48-63-50-96-67-31-23-22-30-66(63)67)87(122)102-70(44-61-33-38-64(111)39-34-61)86(121)101-69(43-56(2)3)85(120)104-74(84(119)97-51-78(95)113)54-130-55-81(116)98-68(42-37-58-24-16-13-17-25-58)91(126)110(10)77(93(128)108(75)8)47-60-28-20-15-21-29-60/h13-31,33-36,38-41,50,56-57,68-77,83,96,111-112H,11-12,32,37,42-49,51-55H2,1-10H3,(H2,95,113)(H,97,119)(H,98,116)(H,99,114)(H,100,115)(H,101,121)(H,102,122)(H,103,124)(H,104,120)(H,105,123)(H,117,118)/t68-,69-,70-,71-,72-,73-,74-,75-,76-,77-,83-/m0/s1. The Hall–Kier alpha value is -13.7. The number of rotatable bonds is 24. The van der Waals surface area contributed by atoms with Gasteiger partial charge in [0.05, 0.1) is 31.8 Å². The average molecular weight is 1810 g/mol. The van der Waals surface area contributed by atoms with Gasteiger partial charge < -0.3 is 98.4 Å². The number of primary amides is 1. The molecule has 6 aromatic carbocycles. The highest BCUT2D eigenvalue weighted by Crippen LogP contribution is 2.25. The first-order valence-corrected chi connectivity index (χ1v) is 44.3. The molecule has 0 saturated carbocycles. The van der Waals surface area contributed by atoms with Crippen LogP contribution in [-0.4, -0.2) is 272 Å². The fourth-order valence-corrected chi connectivity index (χ4v) is 16.0. The minimum Gasteiger partial charge on any atom is -0.508 e. The number of carbonyl (C=O) groups is 16. The number of thioether (sulfide) groups is 1. The number of carboxylic acid groups (broad SMARTS) is 1. The first kappa shape index (κ1) is 102. The molecule has 35 nitrogen and oxygen atoms in total. The highest BCUT2D eigenvalue weighted by atomic mass is 32.2. The molecule has 1 saturated heterocycles. The number of benzene rings is 6. The van der Waals surface area contributed by atoms with Crippen molar-refractivity contribution in [3.05, 3.63) is 203 Å². The first-order valence-electron chi connectivity index (χ1n) is 43.2. The number of nitrogens with zero attached hydrogens (tertiary/aromatic N) is 5. The van der Waals surface area contributed by atoms with Crippen LogP contribution in [0, 0.1) is 11.8 Å². The van der Waals surface area contributed by atoms with Crippen molar-refractivity contribution in [3.8, 4) is 11.5 Å². The third-order valence-corrected chi connectivity index (χ3v) is 23.4. The molecule has 36 heteroatoms. The van der Waals surface area contributed by atoms with Crippen LogP contribution in [0.4, 0.5) is 0 Å². The van der Waals surface area contributed by atoms with E-state index in [1.165, 1.54) is 93.6 Å². The number of nitrogens with one attached hydrogen (secondary N) is 10. The molecule has 0 bridgehead atoms. The fourth-order valence-electron chi connectivity index (χ4n) is 15.1. The number of carbonyl (C=O) groups excluding carboxylic acids is 15. The molecule has 130 heavy (non-hydrogen) atoms. The minimum atomic E-state index is -1.91. The Bertz CT molecular complexity index is 5090. The zero-order valence-corrected chi connectivity index (χ0v) is 75.6. The highest BCUT2D eigenvalue weighted by molar-refractivity contribution is 8.00. The quantitative estimate of drug-likeness (QED) is 0.0413. The number of likely N-dealkylation sites (N-methyl/N-ethyl adjacent to an activating group) is 5. The third kappa shape index (κ3) is 30.8. The number of nitrogens with two attached hydrogens (primary N) is 1. The van der Waals surface area contributed by atoms with Crippen LogP contribution in [0.3, 0.4) is 0 Å². The van der Waals surface area contributed by atoms with Crippen LogP contribution in [0.1, 0.15) is 107 Å². The molecule has 0 aliphatic carbocycles. The van der Waals surface area contributed by atoms with Crippen LogP contribution >= 0.6 is 11.8 Å². The van der Waals surface area contributed by atoms with Crippen LogP contribution in [0.25, 0.3) is 10.9 Å². The maximum atomic E-state index is 15.5. The van der Waals surface area contributed by atoms with Gasteiger partial charge in [0.25, 0.3) is 0 Å². The van der Waals surface area contributed by atoms with Crippen LogP contribution in [-0.2, 0) is 115 Å². The van der Waals surface area contributed by atoms with Gasteiger partial charge in [0, 0.05) is 90.2 Å². The lowest BCUT2D eigenvalue weighted by atomic mass is 9.98. The number of H-pyrrole nitrogens is 1. The Morgan fingerprint density at radius 1 is 0.462 bits per heavy atom. The van der Waals surface area contributed by atoms with E-state index in [-0.39, 0.29) is 81.0 Å². The Labute approximate surface area is 759 Å². The molecular weight excluding hydrogens is 1690 g/mol. The molecule has 7 aromatic rings. The molecule has 11 atom stereocenters. The molecule has 1 aliphatic heterocycles. The molecule has 2 heterocycles. The molecule has 0 radical (unpaired) electrons. The van der Waals surface area contributed by atoms with Gasteiger partial charge in [-0.1, -0.05) is 181 Å². The van der Waals surface area contributed by atoms with Crippen molar-refractivity contribution in [2.24, 2.45) is 17.6 Å². The maximum absolute atomic E-state index is 15.5. The number of phenols is 2. The maximum Gasteiger partial charge on any atom is 0.305 e. The van der Waals surface area contributed by atoms with E-state index in [1.54, 1.807) is 137 Å². The second kappa shape index (κ2) is 49.6. The number of aromatic hydroxyl groups is 2. The van der Waals surface area contributed by atoms with Crippen molar-refractivity contribution < 1.29 is 92.0 Å². The number of amides is 15. The summed E-state index contributed by atoms with van der Waals surface area (Å²) >= 11 is 0.837. The van der Waals surface area contributed by atoms with Gasteiger partial charge in [-0.2, -0.15) is 0 Å². The summed E-state index contributed by atoms with van der Waals surface area (Å²) in [5.74, 6) is -17.4. The predicted octanol–water partition coefficient (Wildman–Crippen LogP) is 2.72. The molecule has 0 spiro atoms. The summed E-state index contributed by atoms with van der Waals surface area (Å²) in [5, 5.41) is 55.7. The van der Waals surface area contributed by atoms with E-state index < -0.39 is 199 Å². The Morgan fingerprint density at radius 2 is 0.931 bits per heavy atom. The van der Waals surface area contributed by atoms with E-state index in [2.05, 4.69) is 52.8 Å². The summed E-state index contributed by atoms with van der Waals surface area (Å²) in [6.07, 6.45) is 0.438. The van der Waals surface area contributed by atoms with Gasteiger partial charge in [-0.3, -0.25) is 76.7 Å². The average Bonchev–Trinajstić information content (AvgIpc) is 1.61. The second-order valence-electron chi connectivity index (χ2n) is 33.4. The van der Waals surface area contributed by atoms with Crippen LogP contribution in [0.5, 0.6) is 11.5 Å². The largest absolute Gasteiger partial charge is 0.508 e. The van der Waals surface area contributed by atoms with Gasteiger partial charge in [0.1, 0.15) is 78.0 Å². The molecule has 0 unspecified atom stereocenters. The van der Waals surface area contributed by atoms with Gasteiger partial charge >= 0.3 is 5.97 Å². The van der Waals surface area contributed by atoms with E-state index in [9.17, 15) is 53.7 Å². The van der Waals surface area contributed by atoms with Gasteiger partial charge in [-0.25, -0.2) is 0 Å². The fraction of sp³-hybridized carbons (Fsp3) is 0.426. The normalized spacial score (nSPS) is 21.8. The van der Waals surface area contributed by atoms with Gasteiger partial charge in [-0.05, 0) is 101 Å². The molecule has 1 aliphatic rings. The Morgan fingerprint density at radius 3 is 1.48 bits per heavy atom. The number of fused-ring (bicyclic) bond motifs is 1. The summed E-state index contributed by atoms with van der Waals surface area (Å²) in [6, 6.07) is 27.8. The number of para-hydroxylation sites is 1. The summed E-state index contributed by atoms with van der Waals surface area (Å²) in [7, 11) is 6.56. The van der Waals surface area contributed by atoms with E-state index in [1.807, 2.05) is 19.1 Å². The Kier molecular flexibility index (Phi) is 38.8. The highest BCUT2D eigenvalue weighted by Gasteiger charge is 2.42. The number of phenolic OH excluding ortho intramolecular Hbond substituents is 2. The monoisotopic (exact) mass is 1810 g/mol. The second-order valence-corrected chi connectivity index (χ2v) is 34.4. The van der Waals surface area contributed by atoms with Crippen molar-refractivity contribution in [2.45, 2.75) is 178 Å². The third-order valence-electron chi connectivity index (χ3n) is 22.3. The number of aromatic nitrogens is 1. The van der Waals surface area contributed by atoms with Crippen LogP contribution in [0.15, 0.2) is 170 Å². The Balaban J connectivity index is 1.21. The number of aromatic amines is 1. The van der Waals surface area contributed by atoms with Crippen molar-refractivity contribution >= 4 is 117 Å². The molecule has 8 rings (SSSR count). The topological polar surface area (TPSA) is 500 Å². The molecule has 15 amide bonds. The zero-order chi connectivity index (χ0) is 95.0. The zero-order valence-electron chi connectivity index (χ0n) is 74.8. The van der Waals surface area contributed by atoms with Crippen molar-refractivity contribution in [1.82, 2.24) is 77.3 Å². The molecule has 1 fully saturated rings. The molecule has 1 aromatic heterocycles. The van der Waals surface area contributed by atoms with Crippen molar-refractivity contribution in [1.29, 1.82) is 0 Å². The van der Waals surface area contributed by atoms with Gasteiger partial charge in [-0.15, -0.1) is 11.8 Å². The van der Waals surface area contributed by atoms with E-state index >= 15 is 38.4 Å². The van der Waals surface area contributed by atoms with E-state index in [0.717, 1.165) is 32.0 Å². The lowest BCUT2D eigenvalue weighted by Gasteiger charge is -2.37. The number of unbranched alkanes of at least 4 members (excludes halogenated alkanes) is 1. The van der Waals surface area contributed by atoms with E-state index in [0.29, 0.717) is 51.6 Å². The number of hydrogen-bond donors (Lipinski definition) is 14. The number of aliphatic carboxylic acids is 1. The summed E-state index contributed by atoms with van der Waals surface area (Å²) in [4.78, 5) is 244. The molecule has 15 N–H and O–H groups in total. The van der Waals surface area contributed by atoms with Crippen molar-refractivity contribution in [2.75, 3.05) is 66.4 Å². The predicted molar refractivity (Wildman–Crippen MR) is 487 cm³/mol. The van der Waals surface area contributed by atoms with Crippen molar-refractivity contribution in [3.63, 3.8) is 0 Å². The molecular formula is C94H120N16O19S. The lowest BCUT2D eigenvalue weighted by Crippen LogP contribution is -2.61. The lowest BCUT2D eigenvalue weighted by molar-refractivity contribution is -0.151. The smallest absolute Gasteiger partial charge is 0.305 e. The number of hydrogen-bond acceptors (Lipinski definition) is 19. The first-order chi connectivity index (χ1) is 61.9.